The van der Waals surface area contributed by atoms with Crippen molar-refractivity contribution in [2.24, 2.45) is 0 Å². The zero-order valence-corrected chi connectivity index (χ0v) is 12.9. The highest BCUT2D eigenvalue weighted by Crippen LogP contribution is 2.26. The van der Waals surface area contributed by atoms with Crippen LogP contribution in [0.2, 0.25) is 0 Å². The Morgan fingerprint density at radius 3 is 3.14 bits per heavy atom. The zero-order chi connectivity index (χ0) is 14.8. The summed E-state index contributed by atoms with van der Waals surface area (Å²) < 4.78 is 5.69. The second kappa shape index (κ2) is 5.95. The molecule has 0 radical (unpaired) electrons. The molecule has 1 N–H and O–H groups in total. The Morgan fingerprint density at radius 2 is 2.48 bits per heavy atom. The van der Waals surface area contributed by atoms with Crippen LogP contribution in [-0.2, 0) is 9.53 Å². The monoisotopic (exact) mass is 306 g/mol. The van der Waals surface area contributed by atoms with Crippen molar-refractivity contribution in [2.45, 2.75) is 25.9 Å². The summed E-state index contributed by atoms with van der Waals surface area (Å²) in [4.78, 5) is 19.8. The van der Waals surface area contributed by atoms with Gasteiger partial charge in [-0.05, 0) is 25.3 Å². The quantitative estimate of drug-likeness (QED) is 0.940. The van der Waals surface area contributed by atoms with Crippen molar-refractivity contribution in [3.63, 3.8) is 0 Å². The van der Waals surface area contributed by atoms with Gasteiger partial charge < -0.3 is 9.64 Å². The van der Waals surface area contributed by atoms with Gasteiger partial charge in [-0.15, -0.1) is 11.3 Å². The van der Waals surface area contributed by atoms with Crippen LogP contribution >= 0.6 is 11.3 Å². The van der Waals surface area contributed by atoms with Crippen LogP contribution in [0.5, 0.6) is 0 Å². The lowest BCUT2D eigenvalue weighted by Crippen LogP contribution is -2.44. The predicted octanol–water partition coefficient (Wildman–Crippen LogP) is 1.88. The van der Waals surface area contributed by atoms with E-state index in [1.54, 1.807) is 11.3 Å². The maximum atomic E-state index is 12.6. The second-order valence-electron chi connectivity index (χ2n) is 5.16. The van der Waals surface area contributed by atoms with Gasteiger partial charge in [0.05, 0.1) is 19.1 Å². The van der Waals surface area contributed by atoms with E-state index in [4.69, 9.17) is 4.74 Å². The van der Waals surface area contributed by atoms with Crippen molar-refractivity contribution in [3.05, 3.63) is 34.0 Å². The molecule has 0 saturated carbocycles. The number of aromatic nitrogens is 3. The van der Waals surface area contributed by atoms with E-state index < -0.39 is 0 Å². The third kappa shape index (κ3) is 2.98. The van der Waals surface area contributed by atoms with Crippen LogP contribution in [0, 0.1) is 6.92 Å². The molecular formula is C14H18N4O2S. The van der Waals surface area contributed by atoms with E-state index in [9.17, 15) is 4.79 Å². The number of carbonyl (C=O) groups excluding carboxylic acids is 1. The molecule has 21 heavy (non-hydrogen) atoms. The van der Waals surface area contributed by atoms with E-state index in [0.717, 1.165) is 10.7 Å². The minimum Gasteiger partial charge on any atom is -0.366 e. The number of nitrogens with one attached hydrogen (secondary N) is 1. The van der Waals surface area contributed by atoms with Crippen LogP contribution in [0.25, 0.3) is 0 Å². The molecule has 1 aliphatic heterocycles. The number of H-pyrrole nitrogens is 1. The molecule has 0 aliphatic carbocycles. The average Bonchev–Trinajstić information content (AvgIpc) is 3.17. The highest BCUT2D eigenvalue weighted by Gasteiger charge is 2.30. The number of carbonyl (C=O) groups is 1. The Morgan fingerprint density at radius 1 is 1.62 bits per heavy atom. The minimum absolute atomic E-state index is 0.113. The van der Waals surface area contributed by atoms with Gasteiger partial charge in [-0.1, -0.05) is 6.07 Å². The zero-order valence-electron chi connectivity index (χ0n) is 12.1. The summed E-state index contributed by atoms with van der Waals surface area (Å²) in [6.45, 7) is 5.44. The number of morpholine rings is 1. The molecule has 1 fully saturated rings. The molecule has 1 saturated heterocycles. The standard InChI is InChI=1S/C14H18N4O2S/c1-9(12-4-3-7-21-12)14(19)18-5-6-20-11(8-18)13-15-10(2)16-17-13/h3-4,7,9,11H,5-6,8H2,1-2H3,(H,15,16,17)/t9-,11+/m0/s1. The third-order valence-corrected chi connectivity index (χ3v) is 4.68. The first-order valence-corrected chi connectivity index (χ1v) is 7.86. The van der Waals surface area contributed by atoms with E-state index in [2.05, 4.69) is 15.2 Å². The van der Waals surface area contributed by atoms with E-state index in [1.807, 2.05) is 36.3 Å². The number of thiophene rings is 1. The smallest absolute Gasteiger partial charge is 0.230 e. The van der Waals surface area contributed by atoms with Crippen molar-refractivity contribution in [1.29, 1.82) is 0 Å². The molecule has 1 amide bonds. The number of nitrogens with zero attached hydrogens (tertiary/aromatic N) is 3. The van der Waals surface area contributed by atoms with Gasteiger partial charge in [0, 0.05) is 11.4 Å². The summed E-state index contributed by atoms with van der Waals surface area (Å²) in [5.74, 6) is 1.40. The van der Waals surface area contributed by atoms with Crippen molar-refractivity contribution in [1.82, 2.24) is 20.1 Å². The molecule has 7 heteroatoms. The molecule has 1 aliphatic rings. The summed E-state index contributed by atoms with van der Waals surface area (Å²) in [5.41, 5.74) is 0. The Kier molecular flexibility index (Phi) is 4.03. The van der Waals surface area contributed by atoms with Crippen LogP contribution in [0.4, 0.5) is 0 Å². The fraction of sp³-hybridized carbons (Fsp3) is 0.500. The van der Waals surface area contributed by atoms with E-state index in [1.165, 1.54) is 0 Å². The molecule has 112 valence electrons. The molecule has 3 heterocycles. The lowest BCUT2D eigenvalue weighted by molar-refractivity contribution is -0.140. The Bertz CT molecular complexity index is 610. The molecular weight excluding hydrogens is 288 g/mol. The molecule has 2 atom stereocenters. The third-order valence-electron chi connectivity index (χ3n) is 3.62. The van der Waals surface area contributed by atoms with E-state index in [-0.39, 0.29) is 17.9 Å². The number of hydrogen-bond acceptors (Lipinski definition) is 5. The summed E-state index contributed by atoms with van der Waals surface area (Å²) in [7, 11) is 0. The first-order valence-electron chi connectivity index (χ1n) is 6.98. The number of aryl methyl sites for hydroxylation is 1. The van der Waals surface area contributed by atoms with Gasteiger partial charge >= 0.3 is 0 Å². The largest absolute Gasteiger partial charge is 0.366 e. The minimum atomic E-state index is -0.247. The maximum absolute atomic E-state index is 12.6. The Hall–Kier alpha value is -1.73. The van der Waals surface area contributed by atoms with E-state index >= 15 is 0 Å². The van der Waals surface area contributed by atoms with Gasteiger partial charge in [0.1, 0.15) is 11.9 Å². The van der Waals surface area contributed by atoms with Crippen LogP contribution in [0.15, 0.2) is 17.5 Å². The molecule has 0 bridgehead atoms. The lowest BCUT2D eigenvalue weighted by atomic mass is 10.1. The maximum Gasteiger partial charge on any atom is 0.230 e. The number of rotatable bonds is 3. The van der Waals surface area contributed by atoms with Gasteiger partial charge in [-0.25, -0.2) is 4.98 Å². The van der Waals surface area contributed by atoms with Crippen molar-refractivity contribution < 1.29 is 9.53 Å². The predicted molar refractivity (Wildman–Crippen MR) is 79.1 cm³/mol. The fourth-order valence-corrected chi connectivity index (χ4v) is 3.22. The molecule has 0 spiro atoms. The lowest BCUT2D eigenvalue weighted by Gasteiger charge is -2.33. The Balaban J connectivity index is 1.69. The number of amides is 1. The van der Waals surface area contributed by atoms with Crippen LogP contribution < -0.4 is 0 Å². The summed E-state index contributed by atoms with van der Waals surface area (Å²) in [5, 5.41) is 8.94. The highest BCUT2D eigenvalue weighted by atomic mass is 32.1. The van der Waals surface area contributed by atoms with Crippen LogP contribution in [-0.4, -0.2) is 45.7 Å². The molecule has 2 aromatic heterocycles. The topological polar surface area (TPSA) is 71.1 Å². The van der Waals surface area contributed by atoms with Crippen molar-refractivity contribution >= 4 is 17.2 Å². The Labute approximate surface area is 127 Å². The highest BCUT2D eigenvalue weighted by molar-refractivity contribution is 7.10. The van der Waals surface area contributed by atoms with Gasteiger partial charge in [-0.3, -0.25) is 9.89 Å². The summed E-state index contributed by atoms with van der Waals surface area (Å²) >= 11 is 1.62. The first-order chi connectivity index (χ1) is 10.1. The number of aromatic amines is 1. The first kappa shape index (κ1) is 14.2. The number of ether oxygens (including phenoxy) is 1. The van der Waals surface area contributed by atoms with Crippen LogP contribution in [0.3, 0.4) is 0 Å². The van der Waals surface area contributed by atoms with Crippen molar-refractivity contribution in [2.75, 3.05) is 19.7 Å². The van der Waals surface area contributed by atoms with Crippen molar-refractivity contribution in [3.8, 4) is 0 Å². The molecule has 2 aromatic rings. The normalized spacial score (nSPS) is 20.5. The fourth-order valence-electron chi connectivity index (χ4n) is 2.44. The molecule has 0 aromatic carbocycles. The van der Waals surface area contributed by atoms with Gasteiger partial charge in [0.15, 0.2) is 5.82 Å². The molecule has 6 nitrogen and oxygen atoms in total. The second-order valence-corrected chi connectivity index (χ2v) is 6.14. The van der Waals surface area contributed by atoms with Gasteiger partial charge in [-0.2, -0.15) is 5.10 Å². The van der Waals surface area contributed by atoms with Crippen LogP contribution in [0.1, 0.15) is 35.5 Å². The van der Waals surface area contributed by atoms with Gasteiger partial charge in [0.2, 0.25) is 5.91 Å². The average molecular weight is 306 g/mol. The number of hydrogen-bond donors (Lipinski definition) is 1. The molecule has 0 unspecified atom stereocenters. The summed E-state index contributed by atoms with van der Waals surface area (Å²) in [6, 6.07) is 3.98. The summed E-state index contributed by atoms with van der Waals surface area (Å²) in [6.07, 6.45) is -0.247. The van der Waals surface area contributed by atoms with E-state index in [0.29, 0.717) is 25.5 Å². The van der Waals surface area contributed by atoms with Gasteiger partial charge in [0.25, 0.3) is 0 Å². The SMILES string of the molecule is Cc1nc([C@H]2CN(C(=O)[C@@H](C)c3cccs3)CCO2)n[nH]1. The molecule has 3 rings (SSSR count).